The maximum Gasteiger partial charge on any atom is 0.256 e. The Kier molecular flexibility index (Phi) is 4.32. The molecule has 6 nitrogen and oxygen atoms in total. The third-order valence-corrected chi connectivity index (χ3v) is 6.04. The van der Waals surface area contributed by atoms with Crippen LogP contribution in [0.25, 0.3) is 10.8 Å². The first-order valence-corrected chi connectivity index (χ1v) is 9.79. The maximum atomic E-state index is 14.0. The highest BCUT2D eigenvalue weighted by molar-refractivity contribution is 5.90. The van der Waals surface area contributed by atoms with Crippen LogP contribution in [-0.4, -0.2) is 35.4 Å². The number of fused-ring (bicyclic) bond motifs is 4. The highest BCUT2D eigenvalue weighted by atomic mass is 19.2. The van der Waals surface area contributed by atoms with E-state index in [2.05, 4.69) is 15.6 Å². The lowest BCUT2D eigenvalue weighted by Gasteiger charge is -2.35. The molecule has 8 heteroatoms. The van der Waals surface area contributed by atoms with Gasteiger partial charge in [-0.25, -0.2) is 8.78 Å². The van der Waals surface area contributed by atoms with Crippen LogP contribution < -0.4 is 16.2 Å². The van der Waals surface area contributed by atoms with Crippen molar-refractivity contribution in [2.75, 3.05) is 18.9 Å². The van der Waals surface area contributed by atoms with Gasteiger partial charge in [0.15, 0.2) is 11.6 Å². The lowest BCUT2D eigenvalue weighted by molar-refractivity contribution is -0.132. The number of H-pyrrole nitrogens is 1. The Morgan fingerprint density at radius 2 is 1.87 bits per heavy atom. The fraction of sp³-hybridized carbons (Fsp3) is 0.273. The smallest absolute Gasteiger partial charge is 0.256 e. The van der Waals surface area contributed by atoms with E-state index in [4.69, 9.17) is 0 Å². The molecule has 0 saturated heterocycles. The molecule has 0 spiro atoms. The minimum absolute atomic E-state index is 0.0757. The summed E-state index contributed by atoms with van der Waals surface area (Å²) >= 11 is 0. The van der Waals surface area contributed by atoms with Gasteiger partial charge in [0.05, 0.1) is 11.4 Å². The van der Waals surface area contributed by atoms with Crippen molar-refractivity contribution in [2.45, 2.75) is 25.0 Å². The molecule has 3 heterocycles. The Bertz CT molecular complexity index is 1210. The van der Waals surface area contributed by atoms with E-state index < -0.39 is 29.3 Å². The number of hydrogen-bond acceptors (Lipinski definition) is 4. The van der Waals surface area contributed by atoms with E-state index in [9.17, 15) is 18.4 Å². The number of nitrogens with one attached hydrogen (secondary N) is 3. The number of benzene rings is 2. The van der Waals surface area contributed by atoms with Gasteiger partial charge in [-0.2, -0.15) is 0 Å². The van der Waals surface area contributed by atoms with Crippen LogP contribution in [0.15, 0.2) is 41.2 Å². The second-order valence-electron chi connectivity index (χ2n) is 7.81. The minimum Gasteiger partial charge on any atom is -0.373 e. The van der Waals surface area contributed by atoms with E-state index in [0.717, 1.165) is 23.4 Å². The number of pyridine rings is 1. The first-order chi connectivity index (χ1) is 14.4. The molecular formula is C22H20F2N4O2. The Morgan fingerprint density at radius 3 is 2.63 bits per heavy atom. The lowest BCUT2D eigenvalue weighted by atomic mass is 9.93. The average molecular weight is 410 g/mol. The van der Waals surface area contributed by atoms with Gasteiger partial charge in [0, 0.05) is 43.5 Å². The molecule has 5 rings (SSSR count). The van der Waals surface area contributed by atoms with Crippen molar-refractivity contribution in [2.24, 2.45) is 0 Å². The summed E-state index contributed by atoms with van der Waals surface area (Å²) in [6.07, 6.45) is 0.582. The zero-order valence-electron chi connectivity index (χ0n) is 16.3. The van der Waals surface area contributed by atoms with Crippen LogP contribution >= 0.6 is 0 Å². The van der Waals surface area contributed by atoms with E-state index in [1.54, 1.807) is 11.9 Å². The standard InChI is InChI=1S/C22H20F2N4O2/c1-28(22(30)17-6-11-4-2-3-5-16(11)26-17)19-10-25-9-18-20(19)12-7-14(23)15(24)8-13(12)21(29)27-18/h2-5,7-8,17,19,25-26H,6,9-10H2,1H3,(H,27,29). The van der Waals surface area contributed by atoms with Gasteiger partial charge < -0.3 is 20.5 Å². The summed E-state index contributed by atoms with van der Waals surface area (Å²) in [5.41, 5.74) is 2.77. The second kappa shape index (κ2) is 6.91. The Labute approximate surface area is 170 Å². The number of nitrogens with zero attached hydrogens (tertiary/aromatic N) is 1. The summed E-state index contributed by atoms with van der Waals surface area (Å²) in [7, 11) is 1.70. The average Bonchev–Trinajstić information content (AvgIpc) is 3.18. The van der Waals surface area contributed by atoms with E-state index in [1.807, 2.05) is 24.3 Å². The van der Waals surface area contributed by atoms with Crippen molar-refractivity contribution in [3.8, 4) is 0 Å². The summed E-state index contributed by atoms with van der Waals surface area (Å²) in [5.74, 6) is -2.20. The number of halogens is 2. The van der Waals surface area contributed by atoms with Gasteiger partial charge in [-0.05, 0) is 29.1 Å². The van der Waals surface area contributed by atoms with Crippen molar-refractivity contribution in [1.29, 1.82) is 0 Å². The van der Waals surface area contributed by atoms with Crippen molar-refractivity contribution >= 4 is 22.4 Å². The Hall–Kier alpha value is -3.26. The SMILES string of the molecule is CN(C(=O)C1Cc2ccccc2N1)C1CNCc2[nH]c(=O)c3cc(F)c(F)cc3c21. The first-order valence-electron chi connectivity index (χ1n) is 9.79. The summed E-state index contributed by atoms with van der Waals surface area (Å²) in [4.78, 5) is 30.1. The molecule has 3 aromatic rings. The number of rotatable bonds is 2. The summed E-state index contributed by atoms with van der Waals surface area (Å²) < 4.78 is 27.8. The molecule has 0 saturated carbocycles. The summed E-state index contributed by atoms with van der Waals surface area (Å²) in [6.45, 7) is 0.820. The molecule has 2 aliphatic heterocycles. The normalized spacial score (nSPS) is 19.8. The predicted octanol–water partition coefficient (Wildman–Crippen LogP) is 2.45. The summed E-state index contributed by atoms with van der Waals surface area (Å²) in [5, 5.41) is 6.87. The van der Waals surface area contributed by atoms with Gasteiger partial charge in [-0.15, -0.1) is 0 Å². The van der Waals surface area contributed by atoms with Crippen LogP contribution in [0.2, 0.25) is 0 Å². The maximum absolute atomic E-state index is 14.0. The van der Waals surface area contributed by atoms with Crippen LogP contribution in [-0.2, 0) is 17.8 Å². The van der Waals surface area contributed by atoms with Gasteiger partial charge >= 0.3 is 0 Å². The topological polar surface area (TPSA) is 77.2 Å². The van der Waals surface area contributed by atoms with E-state index in [0.29, 0.717) is 36.2 Å². The van der Waals surface area contributed by atoms with Crippen molar-refractivity contribution in [1.82, 2.24) is 15.2 Å². The number of carbonyl (C=O) groups is 1. The Balaban J connectivity index is 1.54. The number of carbonyl (C=O) groups excluding carboxylic acids is 1. The largest absolute Gasteiger partial charge is 0.373 e. The molecule has 3 N–H and O–H groups in total. The monoisotopic (exact) mass is 410 g/mol. The third kappa shape index (κ3) is 2.87. The molecule has 0 bridgehead atoms. The van der Waals surface area contributed by atoms with Gasteiger partial charge in [-0.1, -0.05) is 18.2 Å². The molecule has 2 aliphatic rings. The minimum atomic E-state index is -1.07. The Morgan fingerprint density at radius 1 is 1.13 bits per heavy atom. The quantitative estimate of drug-likeness (QED) is 0.607. The number of anilines is 1. The number of aromatic amines is 1. The first kappa shape index (κ1) is 18.7. The highest BCUT2D eigenvalue weighted by Gasteiger charge is 2.35. The number of hydrogen-bond donors (Lipinski definition) is 3. The molecule has 2 aromatic carbocycles. The fourth-order valence-corrected chi connectivity index (χ4v) is 4.52. The number of amides is 1. The molecule has 2 atom stereocenters. The van der Waals surface area contributed by atoms with Gasteiger partial charge in [0.25, 0.3) is 5.56 Å². The highest BCUT2D eigenvalue weighted by Crippen LogP contribution is 2.33. The third-order valence-electron chi connectivity index (χ3n) is 6.04. The molecule has 1 aromatic heterocycles. The number of likely N-dealkylation sites (N-methyl/N-ethyl adjacent to an activating group) is 1. The van der Waals surface area contributed by atoms with Gasteiger partial charge in [-0.3, -0.25) is 9.59 Å². The second-order valence-corrected chi connectivity index (χ2v) is 7.81. The molecule has 0 aliphatic carbocycles. The number of aromatic nitrogens is 1. The van der Waals surface area contributed by atoms with Crippen LogP contribution in [0.4, 0.5) is 14.5 Å². The number of para-hydroxylation sites is 1. The molecule has 30 heavy (non-hydrogen) atoms. The van der Waals surface area contributed by atoms with Gasteiger partial charge in [0.2, 0.25) is 5.91 Å². The molecular weight excluding hydrogens is 390 g/mol. The van der Waals surface area contributed by atoms with Crippen LogP contribution in [0.1, 0.15) is 22.9 Å². The summed E-state index contributed by atoms with van der Waals surface area (Å²) in [6, 6.07) is 8.92. The zero-order valence-corrected chi connectivity index (χ0v) is 16.3. The molecule has 0 radical (unpaired) electrons. The molecule has 0 fully saturated rings. The van der Waals surface area contributed by atoms with Gasteiger partial charge in [0.1, 0.15) is 6.04 Å². The fourth-order valence-electron chi connectivity index (χ4n) is 4.52. The van der Waals surface area contributed by atoms with Crippen molar-refractivity contribution in [3.63, 3.8) is 0 Å². The van der Waals surface area contributed by atoms with E-state index in [1.165, 1.54) is 0 Å². The predicted molar refractivity (Wildman–Crippen MR) is 109 cm³/mol. The van der Waals surface area contributed by atoms with Crippen molar-refractivity contribution in [3.05, 3.63) is 75.2 Å². The molecule has 154 valence electrons. The molecule has 2 unspecified atom stereocenters. The van der Waals surface area contributed by atoms with Crippen LogP contribution in [0.5, 0.6) is 0 Å². The van der Waals surface area contributed by atoms with Crippen LogP contribution in [0, 0.1) is 11.6 Å². The van der Waals surface area contributed by atoms with Crippen LogP contribution in [0.3, 0.4) is 0 Å². The molecule has 1 amide bonds. The van der Waals surface area contributed by atoms with Crippen molar-refractivity contribution < 1.29 is 13.6 Å². The van der Waals surface area contributed by atoms with E-state index in [-0.39, 0.29) is 11.3 Å². The lowest BCUT2D eigenvalue weighted by Crippen LogP contribution is -2.47. The van der Waals surface area contributed by atoms with E-state index >= 15 is 0 Å². The zero-order chi connectivity index (χ0) is 21.0.